The number of hydrogen-bond donors (Lipinski definition) is 0. The Morgan fingerprint density at radius 3 is 2.64 bits per heavy atom. The van der Waals surface area contributed by atoms with Crippen LogP contribution in [0.5, 0.6) is 0 Å². The third kappa shape index (κ3) is 1.11. The van der Waals surface area contributed by atoms with Crippen LogP contribution in [0.1, 0.15) is 5.56 Å². The van der Waals surface area contributed by atoms with Crippen molar-refractivity contribution in [2.45, 2.75) is 0 Å². The molecule has 14 heavy (non-hydrogen) atoms. The van der Waals surface area contributed by atoms with Crippen molar-refractivity contribution in [3.63, 3.8) is 0 Å². The van der Waals surface area contributed by atoms with Crippen LogP contribution in [-0.2, 0) is 0 Å². The summed E-state index contributed by atoms with van der Waals surface area (Å²) >= 11 is 0. The zero-order chi connectivity index (χ0) is 9.97. The van der Waals surface area contributed by atoms with Crippen LogP contribution < -0.4 is 10.4 Å². The third-order valence-electron chi connectivity index (χ3n) is 2.17. The molecule has 0 saturated heterocycles. The maximum Gasteiger partial charge on any atom is 0.137 e. The summed E-state index contributed by atoms with van der Waals surface area (Å²) in [5.41, 5.74) is 1.23. The van der Waals surface area contributed by atoms with E-state index >= 15 is 0 Å². The second-order valence-corrected chi connectivity index (χ2v) is 2.93. The number of rotatable bonds is 0. The summed E-state index contributed by atoms with van der Waals surface area (Å²) < 4.78 is 0. The largest absolute Gasteiger partial charge is 0.192 e. The maximum atomic E-state index is 8.77. The van der Waals surface area contributed by atoms with Crippen molar-refractivity contribution in [3.05, 3.63) is 40.3 Å². The van der Waals surface area contributed by atoms with Crippen LogP contribution in [0, 0.1) is 22.7 Å². The number of benzene rings is 1. The molecule has 0 spiro atoms. The van der Waals surface area contributed by atoms with E-state index in [1.807, 2.05) is 42.5 Å². The molecule has 0 saturated carbocycles. The standard InChI is InChI=1S/C12H6N2/c13-7-10(8-14)12-6-2-4-9-3-1-5-11(9)12/h1-6H. The van der Waals surface area contributed by atoms with Crippen molar-refractivity contribution in [3.8, 4) is 12.1 Å². The van der Waals surface area contributed by atoms with E-state index in [1.54, 1.807) is 6.07 Å². The van der Waals surface area contributed by atoms with Crippen LogP contribution in [0.3, 0.4) is 0 Å². The zero-order valence-corrected chi connectivity index (χ0v) is 7.36. The Kier molecular flexibility index (Phi) is 1.89. The number of nitrogens with zero attached hydrogens (tertiary/aromatic N) is 2. The van der Waals surface area contributed by atoms with Crippen LogP contribution in [0.15, 0.2) is 24.3 Å². The first-order valence-corrected chi connectivity index (χ1v) is 4.19. The van der Waals surface area contributed by atoms with Gasteiger partial charge in [0.05, 0.1) is 0 Å². The minimum absolute atomic E-state index is 0.168. The van der Waals surface area contributed by atoms with Gasteiger partial charge in [-0.2, -0.15) is 10.5 Å². The van der Waals surface area contributed by atoms with Gasteiger partial charge in [-0.05, 0) is 10.8 Å². The van der Waals surface area contributed by atoms with Gasteiger partial charge >= 0.3 is 0 Å². The van der Waals surface area contributed by atoms with Crippen LogP contribution in [0.25, 0.3) is 17.7 Å². The Bertz CT molecular complexity index is 591. The number of nitriles is 2. The number of fused-ring (bicyclic) bond motifs is 1. The molecule has 0 unspecified atom stereocenters. The van der Waals surface area contributed by atoms with Crippen molar-refractivity contribution < 1.29 is 0 Å². The quantitative estimate of drug-likeness (QED) is 0.586. The van der Waals surface area contributed by atoms with Gasteiger partial charge in [0.1, 0.15) is 17.7 Å². The predicted octanol–water partition coefficient (Wildman–Crippen LogP) is 0.692. The SMILES string of the molecule is N#CC(C#N)=c1cccc2c1=CC=C2. The highest BCUT2D eigenvalue weighted by molar-refractivity contribution is 5.75. The highest BCUT2D eigenvalue weighted by Gasteiger charge is 2.01. The van der Waals surface area contributed by atoms with Gasteiger partial charge in [-0.1, -0.05) is 36.4 Å². The molecule has 0 N–H and O–H groups in total. The van der Waals surface area contributed by atoms with Crippen LogP contribution in [-0.4, -0.2) is 0 Å². The minimum Gasteiger partial charge on any atom is -0.192 e. The van der Waals surface area contributed by atoms with Gasteiger partial charge in [0.25, 0.3) is 0 Å². The van der Waals surface area contributed by atoms with Gasteiger partial charge < -0.3 is 0 Å². The fraction of sp³-hybridized carbons (Fsp3) is 0. The molecular formula is C12H6N2. The lowest BCUT2D eigenvalue weighted by Crippen LogP contribution is -2.27. The topological polar surface area (TPSA) is 47.6 Å². The predicted molar refractivity (Wildman–Crippen MR) is 53.8 cm³/mol. The second kappa shape index (κ2) is 3.20. The molecule has 64 valence electrons. The summed E-state index contributed by atoms with van der Waals surface area (Å²) in [6.45, 7) is 0. The fourth-order valence-corrected chi connectivity index (χ4v) is 1.53. The van der Waals surface area contributed by atoms with E-state index in [2.05, 4.69) is 0 Å². The van der Waals surface area contributed by atoms with E-state index in [9.17, 15) is 0 Å². The second-order valence-electron chi connectivity index (χ2n) is 2.93. The van der Waals surface area contributed by atoms with Gasteiger partial charge in [0.15, 0.2) is 0 Å². The lowest BCUT2D eigenvalue weighted by molar-refractivity contribution is 1.45. The summed E-state index contributed by atoms with van der Waals surface area (Å²) in [6, 6.07) is 9.42. The molecule has 1 aromatic carbocycles. The lowest BCUT2D eigenvalue weighted by Gasteiger charge is -1.92. The molecule has 0 bridgehead atoms. The summed E-state index contributed by atoms with van der Waals surface area (Å²) in [7, 11) is 0. The molecule has 0 aromatic heterocycles. The highest BCUT2D eigenvalue weighted by atomic mass is 14.3. The van der Waals surface area contributed by atoms with E-state index in [1.165, 1.54) is 0 Å². The average molecular weight is 178 g/mol. The van der Waals surface area contributed by atoms with Gasteiger partial charge in [0, 0.05) is 5.22 Å². The third-order valence-corrected chi connectivity index (χ3v) is 2.17. The first-order valence-electron chi connectivity index (χ1n) is 4.19. The molecule has 0 heterocycles. The van der Waals surface area contributed by atoms with E-state index in [0.717, 1.165) is 16.0 Å². The van der Waals surface area contributed by atoms with E-state index in [4.69, 9.17) is 10.5 Å². The summed E-state index contributed by atoms with van der Waals surface area (Å²) in [5, 5.41) is 19.2. The monoisotopic (exact) mass is 178 g/mol. The Morgan fingerprint density at radius 2 is 1.93 bits per heavy atom. The molecule has 0 amide bonds. The first kappa shape index (κ1) is 8.29. The summed E-state index contributed by atoms with van der Waals surface area (Å²) in [5.74, 6) is 0. The van der Waals surface area contributed by atoms with Crippen molar-refractivity contribution >= 4 is 17.7 Å². The zero-order valence-electron chi connectivity index (χ0n) is 7.36. The van der Waals surface area contributed by atoms with Gasteiger partial charge in [-0.25, -0.2) is 0 Å². The van der Waals surface area contributed by atoms with E-state index < -0.39 is 0 Å². The van der Waals surface area contributed by atoms with Crippen LogP contribution >= 0.6 is 0 Å². The van der Waals surface area contributed by atoms with Crippen molar-refractivity contribution in [1.29, 1.82) is 10.5 Å². The molecule has 0 aliphatic heterocycles. The van der Waals surface area contributed by atoms with Crippen molar-refractivity contribution in [2.24, 2.45) is 0 Å². The fourth-order valence-electron chi connectivity index (χ4n) is 1.53. The van der Waals surface area contributed by atoms with Gasteiger partial charge in [-0.3, -0.25) is 0 Å². The molecule has 0 radical (unpaired) electrons. The van der Waals surface area contributed by atoms with Crippen LogP contribution in [0.4, 0.5) is 0 Å². The number of allylic oxidation sites excluding steroid dienone is 1. The molecule has 0 fully saturated rings. The minimum atomic E-state index is 0.168. The molecule has 2 heteroatoms. The molecule has 1 aliphatic carbocycles. The molecular weight excluding hydrogens is 172 g/mol. The first-order chi connectivity index (χ1) is 6.86. The van der Waals surface area contributed by atoms with Crippen molar-refractivity contribution in [1.82, 2.24) is 0 Å². The molecule has 2 nitrogen and oxygen atoms in total. The van der Waals surface area contributed by atoms with E-state index in [-0.39, 0.29) is 5.57 Å². The van der Waals surface area contributed by atoms with E-state index in [0.29, 0.717) is 0 Å². The number of hydrogen-bond acceptors (Lipinski definition) is 2. The smallest absolute Gasteiger partial charge is 0.137 e. The van der Waals surface area contributed by atoms with Gasteiger partial charge in [-0.15, -0.1) is 0 Å². The maximum absolute atomic E-state index is 8.77. The highest BCUT2D eigenvalue weighted by Crippen LogP contribution is 1.99. The Balaban J connectivity index is 2.97. The molecule has 1 aliphatic rings. The molecule has 2 rings (SSSR count). The Labute approximate surface area is 81.3 Å². The van der Waals surface area contributed by atoms with Crippen molar-refractivity contribution in [2.75, 3.05) is 0 Å². The Hall–Kier alpha value is -2.32. The molecule has 0 atom stereocenters. The lowest BCUT2D eigenvalue weighted by atomic mass is 10.1. The average Bonchev–Trinajstić information content (AvgIpc) is 2.68. The summed E-state index contributed by atoms with van der Waals surface area (Å²) in [4.78, 5) is 0. The Morgan fingerprint density at radius 1 is 1.14 bits per heavy atom. The molecule has 1 aromatic rings. The summed E-state index contributed by atoms with van der Waals surface area (Å²) in [6.07, 6.45) is 5.80. The van der Waals surface area contributed by atoms with Crippen LogP contribution in [0.2, 0.25) is 0 Å². The van der Waals surface area contributed by atoms with Gasteiger partial charge in [0.2, 0.25) is 0 Å². The normalized spacial score (nSPS) is 11.0.